The lowest BCUT2D eigenvalue weighted by molar-refractivity contribution is -0.118. The third kappa shape index (κ3) is 3.20. The molecule has 0 unspecified atom stereocenters. The fourth-order valence-corrected chi connectivity index (χ4v) is 1.50. The number of nitrogens with two attached hydrogens (primary N) is 1. The van der Waals surface area contributed by atoms with Crippen molar-refractivity contribution in [3.05, 3.63) is 34.9 Å². The van der Waals surface area contributed by atoms with Gasteiger partial charge >= 0.3 is 0 Å². The van der Waals surface area contributed by atoms with Crippen LogP contribution < -0.4 is 5.73 Å². The molecule has 1 aromatic rings. The van der Waals surface area contributed by atoms with E-state index in [-0.39, 0.29) is 18.6 Å². The fraction of sp³-hybridized carbons (Fsp3) is 0.333. The topological polar surface area (TPSA) is 60.2 Å². The first-order valence-corrected chi connectivity index (χ1v) is 4.89. The highest BCUT2D eigenvalue weighted by atomic mass is 16.1. The van der Waals surface area contributed by atoms with Crippen LogP contribution in [0.25, 0.3) is 0 Å². The number of hydrogen-bond acceptors (Lipinski definition) is 2. The van der Waals surface area contributed by atoms with E-state index in [1.54, 1.807) is 6.07 Å². The molecule has 3 nitrogen and oxygen atoms in total. The monoisotopic (exact) mass is 205 g/mol. The minimum Gasteiger partial charge on any atom is -0.370 e. The number of rotatable bonds is 4. The summed E-state index contributed by atoms with van der Waals surface area (Å²) in [5.74, 6) is -0.459. The van der Waals surface area contributed by atoms with Crippen molar-refractivity contribution in [2.45, 2.75) is 26.7 Å². The molecular weight excluding hydrogens is 190 g/mol. The second-order valence-electron chi connectivity index (χ2n) is 3.71. The highest BCUT2D eigenvalue weighted by Gasteiger charge is 2.09. The Labute approximate surface area is 89.3 Å². The molecule has 3 heteroatoms. The molecule has 80 valence electrons. The largest absolute Gasteiger partial charge is 0.370 e. The van der Waals surface area contributed by atoms with Gasteiger partial charge in [-0.15, -0.1) is 0 Å². The SMILES string of the molecule is Cc1ccc(C(=O)CCC(N)=O)c(C)c1. The van der Waals surface area contributed by atoms with Crippen LogP contribution in [0.15, 0.2) is 18.2 Å². The first-order chi connectivity index (χ1) is 7.00. The Morgan fingerprint density at radius 2 is 1.87 bits per heavy atom. The van der Waals surface area contributed by atoms with E-state index in [4.69, 9.17) is 5.73 Å². The van der Waals surface area contributed by atoms with Crippen LogP contribution in [0.3, 0.4) is 0 Å². The van der Waals surface area contributed by atoms with Gasteiger partial charge in [-0.3, -0.25) is 9.59 Å². The molecule has 0 fully saturated rings. The van der Waals surface area contributed by atoms with E-state index in [1.807, 2.05) is 26.0 Å². The van der Waals surface area contributed by atoms with Crippen molar-refractivity contribution in [3.63, 3.8) is 0 Å². The standard InChI is InChI=1S/C12H15NO2/c1-8-3-4-10(9(2)7-8)11(14)5-6-12(13)15/h3-4,7H,5-6H2,1-2H3,(H2,13,15). The van der Waals surface area contributed by atoms with Crippen LogP contribution in [-0.2, 0) is 4.79 Å². The molecule has 0 aliphatic rings. The van der Waals surface area contributed by atoms with Crippen LogP contribution in [-0.4, -0.2) is 11.7 Å². The van der Waals surface area contributed by atoms with Gasteiger partial charge in [-0.2, -0.15) is 0 Å². The van der Waals surface area contributed by atoms with Crippen LogP contribution in [0.5, 0.6) is 0 Å². The van der Waals surface area contributed by atoms with Crippen LogP contribution in [0, 0.1) is 13.8 Å². The summed E-state index contributed by atoms with van der Waals surface area (Å²) in [7, 11) is 0. The van der Waals surface area contributed by atoms with Gasteiger partial charge in [-0.1, -0.05) is 23.8 Å². The molecule has 1 aromatic carbocycles. The average molecular weight is 205 g/mol. The number of amides is 1. The highest BCUT2D eigenvalue weighted by molar-refractivity contribution is 5.99. The average Bonchev–Trinajstić information content (AvgIpc) is 2.14. The fourth-order valence-electron chi connectivity index (χ4n) is 1.50. The lowest BCUT2D eigenvalue weighted by Gasteiger charge is -2.04. The summed E-state index contributed by atoms with van der Waals surface area (Å²) in [6.45, 7) is 3.87. The molecule has 15 heavy (non-hydrogen) atoms. The zero-order chi connectivity index (χ0) is 11.4. The van der Waals surface area contributed by atoms with Gasteiger partial charge in [-0.25, -0.2) is 0 Å². The molecule has 0 saturated carbocycles. The Morgan fingerprint density at radius 1 is 1.20 bits per heavy atom. The van der Waals surface area contributed by atoms with E-state index in [0.717, 1.165) is 11.1 Å². The lowest BCUT2D eigenvalue weighted by atomic mass is 9.99. The number of carbonyl (C=O) groups excluding carboxylic acids is 2. The summed E-state index contributed by atoms with van der Waals surface area (Å²) in [5, 5.41) is 0. The molecule has 1 amide bonds. The van der Waals surface area contributed by atoms with Crippen molar-refractivity contribution >= 4 is 11.7 Å². The molecule has 0 spiro atoms. The summed E-state index contributed by atoms with van der Waals surface area (Å²) >= 11 is 0. The molecule has 0 atom stereocenters. The summed E-state index contributed by atoms with van der Waals surface area (Å²) in [5.41, 5.74) is 7.74. The Bertz CT molecular complexity index is 397. The minimum atomic E-state index is -0.437. The maximum atomic E-state index is 11.7. The lowest BCUT2D eigenvalue weighted by Crippen LogP contribution is -2.13. The molecular formula is C12H15NO2. The Balaban J connectivity index is 2.78. The van der Waals surface area contributed by atoms with Crippen LogP contribution in [0.1, 0.15) is 34.3 Å². The van der Waals surface area contributed by atoms with Gasteiger partial charge in [0.25, 0.3) is 0 Å². The third-order valence-electron chi connectivity index (χ3n) is 2.28. The number of Topliss-reactive ketones (excluding diaryl/α,β-unsaturated/α-hetero) is 1. The van der Waals surface area contributed by atoms with Gasteiger partial charge in [0.2, 0.25) is 5.91 Å². The van der Waals surface area contributed by atoms with Crippen LogP contribution in [0.2, 0.25) is 0 Å². The normalized spacial score (nSPS) is 10.0. The van der Waals surface area contributed by atoms with Crippen molar-refractivity contribution in [3.8, 4) is 0 Å². The Hall–Kier alpha value is -1.64. The van der Waals surface area contributed by atoms with Gasteiger partial charge in [-0.05, 0) is 19.4 Å². The zero-order valence-electron chi connectivity index (χ0n) is 9.04. The first-order valence-electron chi connectivity index (χ1n) is 4.89. The maximum absolute atomic E-state index is 11.7. The smallest absolute Gasteiger partial charge is 0.217 e. The molecule has 2 N–H and O–H groups in total. The minimum absolute atomic E-state index is 0.0219. The van der Waals surface area contributed by atoms with Gasteiger partial charge in [0, 0.05) is 18.4 Å². The Morgan fingerprint density at radius 3 is 2.40 bits per heavy atom. The number of ketones is 1. The molecule has 0 aromatic heterocycles. The second kappa shape index (κ2) is 4.73. The summed E-state index contributed by atoms with van der Waals surface area (Å²) < 4.78 is 0. The Kier molecular flexibility index (Phi) is 3.61. The van der Waals surface area contributed by atoms with Crippen molar-refractivity contribution in [2.75, 3.05) is 0 Å². The maximum Gasteiger partial charge on any atom is 0.217 e. The van der Waals surface area contributed by atoms with E-state index < -0.39 is 5.91 Å². The molecule has 0 radical (unpaired) electrons. The van der Waals surface area contributed by atoms with Gasteiger partial charge in [0.1, 0.15) is 0 Å². The number of hydrogen-bond donors (Lipinski definition) is 1. The van der Waals surface area contributed by atoms with E-state index >= 15 is 0 Å². The second-order valence-corrected chi connectivity index (χ2v) is 3.71. The van der Waals surface area contributed by atoms with E-state index in [1.165, 1.54) is 0 Å². The predicted molar refractivity (Wildman–Crippen MR) is 58.7 cm³/mol. The van der Waals surface area contributed by atoms with Crippen molar-refractivity contribution in [1.29, 1.82) is 0 Å². The number of primary amides is 1. The highest BCUT2D eigenvalue weighted by Crippen LogP contribution is 2.13. The van der Waals surface area contributed by atoms with E-state index in [0.29, 0.717) is 5.56 Å². The first kappa shape index (κ1) is 11.4. The van der Waals surface area contributed by atoms with E-state index in [2.05, 4.69) is 0 Å². The van der Waals surface area contributed by atoms with Gasteiger partial charge in [0.05, 0.1) is 0 Å². The van der Waals surface area contributed by atoms with Crippen molar-refractivity contribution < 1.29 is 9.59 Å². The van der Waals surface area contributed by atoms with Crippen molar-refractivity contribution in [1.82, 2.24) is 0 Å². The molecule has 0 aliphatic heterocycles. The number of benzene rings is 1. The molecule has 0 heterocycles. The zero-order valence-corrected chi connectivity index (χ0v) is 9.04. The van der Waals surface area contributed by atoms with Gasteiger partial charge < -0.3 is 5.73 Å². The van der Waals surface area contributed by atoms with E-state index in [9.17, 15) is 9.59 Å². The number of aryl methyl sites for hydroxylation is 2. The molecule has 0 bridgehead atoms. The van der Waals surface area contributed by atoms with Crippen LogP contribution in [0.4, 0.5) is 0 Å². The summed E-state index contributed by atoms with van der Waals surface area (Å²) in [6, 6.07) is 5.65. The van der Waals surface area contributed by atoms with Gasteiger partial charge in [0.15, 0.2) is 5.78 Å². The summed E-state index contributed by atoms with van der Waals surface area (Å²) in [4.78, 5) is 22.2. The molecule has 0 aliphatic carbocycles. The number of carbonyl (C=O) groups is 2. The van der Waals surface area contributed by atoms with Crippen molar-refractivity contribution in [2.24, 2.45) is 5.73 Å². The molecule has 0 saturated heterocycles. The third-order valence-corrected chi connectivity index (χ3v) is 2.28. The summed E-state index contributed by atoms with van der Waals surface area (Å²) in [6.07, 6.45) is 0.311. The predicted octanol–water partition coefficient (Wildman–Crippen LogP) is 1.75. The quantitative estimate of drug-likeness (QED) is 0.761. The van der Waals surface area contributed by atoms with Crippen LogP contribution >= 0.6 is 0 Å². The molecule has 1 rings (SSSR count).